The number of amides is 1. The largest absolute Gasteiger partial charge is 0.478 e. The second-order valence-electron chi connectivity index (χ2n) is 4.24. The Morgan fingerprint density at radius 3 is 2.53 bits per heavy atom. The average Bonchev–Trinajstić information content (AvgIpc) is 2.28. The molecule has 0 saturated carbocycles. The third-order valence-corrected chi connectivity index (χ3v) is 2.60. The zero-order valence-corrected chi connectivity index (χ0v) is 10.1. The summed E-state index contributed by atoms with van der Waals surface area (Å²) in [6.45, 7) is 5.88. The Morgan fingerprint density at radius 1 is 1.35 bits per heavy atom. The molecule has 92 valence electrons. The Bertz CT molecular complexity index is 430. The minimum absolute atomic E-state index is 0.0118. The minimum atomic E-state index is -1.07. The smallest absolute Gasteiger partial charge is 0.335 e. The molecule has 2 N–H and O–H groups in total. The molecule has 1 heterocycles. The highest BCUT2D eigenvalue weighted by Gasteiger charge is 2.14. The quantitative estimate of drug-likeness (QED) is 0.831. The molecular formula is C12H16N2O3. The van der Waals surface area contributed by atoms with Crippen LogP contribution in [0.25, 0.3) is 0 Å². The molecule has 0 spiro atoms. The lowest BCUT2D eigenvalue weighted by Gasteiger charge is -2.16. The molecule has 1 aromatic heterocycles. The molecule has 0 aliphatic rings. The number of hydrogen-bond donors (Lipinski definition) is 2. The van der Waals surface area contributed by atoms with Crippen LogP contribution in [-0.4, -0.2) is 28.0 Å². The van der Waals surface area contributed by atoms with E-state index in [0.717, 1.165) is 0 Å². The Labute approximate surface area is 99.9 Å². The molecule has 1 atom stereocenters. The zero-order valence-electron chi connectivity index (χ0n) is 10.1. The molecular weight excluding hydrogens is 220 g/mol. The molecule has 1 aromatic rings. The van der Waals surface area contributed by atoms with Crippen molar-refractivity contribution in [3.8, 4) is 0 Å². The normalized spacial score (nSPS) is 12.2. The highest BCUT2D eigenvalue weighted by molar-refractivity contribution is 5.95. The van der Waals surface area contributed by atoms with Crippen molar-refractivity contribution >= 4 is 11.9 Å². The number of hydrogen-bond acceptors (Lipinski definition) is 3. The maximum absolute atomic E-state index is 11.8. The molecule has 0 fully saturated rings. The van der Waals surface area contributed by atoms with Gasteiger partial charge in [-0.25, -0.2) is 4.79 Å². The van der Waals surface area contributed by atoms with Gasteiger partial charge in [0.15, 0.2) is 0 Å². The van der Waals surface area contributed by atoms with Gasteiger partial charge in [0.2, 0.25) is 0 Å². The Kier molecular flexibility index (Phi) is 4.20. The number of nitrogens with zero attached hydrogens (tertiary/aromatic N) is 1. The van der Waals surface area contributed by atoms with Crippen LogP contribution in [0.3, 0.4) is 0 Å². The number of pyridine rings is 1. The predicted octanol–water partition coefficient (Wildman–Crippen LogP) is 1.55. The van der Waals surface area contributed by atoms with Crippen molar-refractivity contribution in [2.45, 2.75) is 26.8 Å². The second kappa shape index (κ2) is 5.43. The van der Waals surface area contributed by atoms with Crippen LogP contribution in [0.1, 0.15) is 41.6 Å². The van der Waals surface area contributed by atoms with Gasteiger partial charge < -0.3 is 10.4 Å². The minimum Gasteiger partial charge on any atom is -0.478 e. The summed E-state index contributed by atoms with van der Waals surface area (Å²) in [6, 6.07) is 2.63. The maximum Gasteiger partial charge on any atom is 0.335 e. The first-order valence-electron chi connectivity index (χ1n) is 5.42. The van der Waals surface area contributed by atoms with E-state index in [1.807, 2.05) is 20.8 Å². The van der Waals surface area contributed by atoms with Crippen molar-refractivity contribution in [2.75, 3.05) is 0 Å². The SMILES string of the molecule is CC(C)C(C)NC(=O)c1cc(C(=O)O)ccn1. The van der Waals surface area contributed by atoms with Gasteiger partial charge >= 0.3 is 5.97 Å². The van der Waals surface area contributed by atoms with Crippen LogP contribution >= 0.6 is 0 Å². The maximum atomic E-state index is 11.8. The number of carbonyl (C=O) groups is 2. The third-order valence-electron chi connectivity index (χ3n) is 2.60. The van der Waals surface area contributed by atoms with Gasteiger partial charge in [0.1, 0.15) is 5.69 Å². The Hall–Kier alpha value is -1.91. The van der Waals surface area contributed by atoms with Gasteiger partial charge in [-0.3, -0.25) is 9.78 Å². The van der Waals surface area contributed by atoms with Crippen LogP contribution in [0.4, 0.5) is 0 Å². The molecule has 0 aliphatic heterocycles. The van der Waals surface area contributed by atoms with E-state index in [4.69, 9.17) is 5.11 Å². The predicted molar refractivity (Wildman–Crippen MR) is 63.0 cm³/mol. The summed E-state index contributed by atoms with van der Waals surface area (Å²) >= 11 is 0. The standard InChI is InChI=1S/C12H16N2O3/c1-7(2)8(3)14-11(15)10-6-9(12(16)17)4-5-13-10/h4-8H,1-3H3,(H,14,15)(H,16,17). The lowest BCUT2D eigenvalue weighted by atomic mass is 10.1. The van der Waals surface area contributed by atoms with E-state index in [1.54, 1.807) is 0 Å². The summed E-state index contributed by atoms with van der Waals surface area (Å²) in [5.74, 6) is -1.12. The highest BCUT2D eigenvalue weighted by atomic mass is 16.4. The van der Waals surface area contributed by atoms with Gasteiger partial charge in [0.05, 0.1) is 5.56 Å². The first-order valence-corrected chi connectivity index (χ1v) is 5.42. The molecule has 0 aromatic carbocycles. The second-order valence-corrected chi connectivity index (χ2v) is 4.24. The van der Waals surface area contributed by atoms with Crippen molar-refractivity contribution in [1.29, 1.82) is 0 Å². The summed E-state index contributed by atoms with van der Waals surface area (Å²) in [5.41, 5.74) is 0.180. The average molecular weight is 236 g/mol. The summed E-state index contributed by atoms with van der Waals surface area (Å²) in [6.07, 6.45) is 1.32. The number of carboxylic acid groups (broad SMARTS) is 1. The van der Waals surface area contributed by atoms with Crippen LogP contribution in [0.15, 0.2) is 18.3 Å². The van der Waals surface area contributed by atoms with Crippen molar-refractivity contribution in [1.82, 2.24) is 10.3 Å². The molecule has 0 aliphatic carbocycles. The third kappa shape index (κ3) is 3.55. The molecule has 17 heavy (non-hydrogen) atoms. The molecule has 1 rings (SSSR count). The lowest BCUT2D eigenvalue weighted by molar-refractivity contribution is 0.0696. The molecule has 5 heteroatoms. The lowest BCUT2D eigenvalue weighted by Crippen LogP contribution is -2.36. The van der Waals surface area contributed by atoms with Crippen molar-refractivity contribution in [2.24, 2.45) is 5.92 Å². The van der Waals surface area contributed by atoms with Crippen molar-refractivity contribution in [3.05, 3.63) is 29.6 Å². The highest BCUT2D eigenvalue weighted by Crippen LogP contribution is 2.05. The topological polar surface area (TPSA) is 79.3 Å². The number of aromatic carboxylic acids is 1. The number of aromatic nitrogens is 1. The Morgan fingerprint density at radius 2 is 2.00 bits per heavy atom. The summed E-state index contributed by atoms with van der Waals surface area (Å²) in [7, 11) is 0. The Balaban J connectivity index is 2.82. The van der Waals surface area contributed by atoms with E-state index in [-0.39, 0.29) is 23.2 Å². The number of rotatable bonds is 4. The van der Waals surface area contributed by atoms with E-state index in [9.17, 15) is 9.59 Å². The fourth-order valence-electron chi connectivity index (χ4n) is 1.14. The number of carbonyl (C=O) groups excluding carboxylic acids is 1. The molecule has 1 amide bonds. The summed E-state index contributed by atoms with van der Waals surface area (Å²) < 4.78 is 0. The van der Waals surface area contributed by atoms with Gasteiger partial charge in [0.25, 0.3) is 5.91 Å². The molecule has 0 saturated heterocycles. The molecule has 1 unspecified atom stereocenters. The van der Waals surface area contributed by atoms with E-state index in [1.165, 1.54) is 18.3 Å². The van der Waals surface area contributed by atoms with Crippen molar-refractivity contribution in [3.63, 3.8) is 0 Å². The monoisotopic (exact) mass is 236 g/mol. The first-order chi connectivity index (χ1) is 7.91. The summed E-state index contributed by atoms with van der Waals surface area (Å²) in [4.78, 5) is 26.4. The fraction of sp³-hybridized carbons (Fsp3) is 0.417. The van der Waals surface area contributed by atoms with E-state index < -0.39 is 5.97 Å². The number of nitrogens with one attached hydrogen (secondary N) is 1. The van der Waals surface area contributed by atoms with E-state index in [0.29, 0.717) is 5.92 Å². The summed E-state index contributed by atoms with van der Waals surface area (Å²) in [5, 5.41) is 11.6. The van der Waals surface area contributed by atoms with Gasteiger partial charge in [-0.05, 0) is 25.0 Å². The van der Waals surface area contributed by atoms with Gasteiger partial charge in [-0.1, -0.05) is 13.8 Å². The van der Waals surface area contributed by atoms with E-state index >= 15 is 0 Å². The fourth-order valence-corrected chi connectivity index (χ4v) is 1.14. The van der Waals surface area contributed by atoms with Gasteiger partial charge in [-0.2, -0.15) is 0 Å². The van der Waals surface area contributed by atoms with Gasteiger partial charge in [-0.15, -0.1) is 0 Å². The first kappa shape index (κ1) is 13.2. The van der Waals surface area contributed by atoms with E-state index in [2.05, 4.69) is 10.3 Å². The van der Waals surface area contributed by atoms with Crippen molar-refractivity contribution < 1.29 is 14.7 Å². The molecule has 0 bridgehead atoms. The number of carboxylic acids is 1. The van der Waals surface area contributed by atoms with Crippen LogP contribution in [0, 0.1) is 5.92 Å². The van der Waals surface area contributed by atoms with Gasteiger partial charge in [0, 0.05) is 12.2 Å². The van der Waals surface area contributed by atoms with Crippen LogP contribution in [0.2, 0.25) is 0 Å². The van der Waals surface area contributed by atoms with Crippen LogP contribution < -0.4 is 5.32 Å². The van der Waals surface area contributed by atoms with Crippen LogP contribution in [-0.2, 0) is 0 Å². The van der Waals surface area contributed by atoms with Crippen LogP contribution in [0.5, 0.6) is 0 Å². The zero-order chi connectivity index (χ0) is 13.0. The molecule has 0 radical (unpaired) electrons. The molecule has 5 nitrogen and oxygen atoms in total.